The third-order valence-electron chi connectivity index (χ3n) is 3.87. The van der Waals surface area contributed by atoms with Gasteiger partial charge in [-0.1, -0.05) is 34.1 Å². The molecule has 0 fully saturated rings. The van der Waals surface area contributed by atoms with Gasteiger partial charge in [0.15, 0.2) is 4.90 Å². The topological polar surface area (TPSA) is 101 Å². The van der Waals surface area contributed by atoms with Gasteiger partial charge in [0.2, 0.25) is 10.0 Å². The molecule has 1 heterocycles. The second-order valence-electron chi connectivity index (χ2n) is 5.38. The molecule has 0 saturated heterocycles. The van der Waals surface area contributed by atoms with Crippen LogP contribution in [0.5, 0.6) is 0 Å². The van der Waals surface area contributed by atoms with Crippen molar-refractivity contribution >= 4 is 31.6 Å². The fraction of sp³-hybridized carbons (Fsp3) is 0.200. The van der Waals surface area contributed by atoms with Crippen LogP contribution < -0.4 is 0 Å². The van der Waals surface area contributed by atoms with Gasteiger partial charge >= 0.3 is 0 Å². The van der Waals surface area contributed by atoms with Crippen molar-refractivity contribution in [3.05, 3.63) is 68.2 Å². The SMILES string of the molecule is O=[N+]([O-])c1ccccc1S(=O)(=O)N1Cc2ccc(Br)cc2C(O)C1. The zero-order valence-electron chi connectivity index (χ0n) is 12.3. The summed E-state index contributed by atoms with van der Waals surface area (Å²) in [5.74, 6) is 0. The van der Waals surface area contributed by atoms with Crippen LogP contribution in [0, 0.1) is 10.1 Å². The summed E-state index contributed by atoms with van der Waals surface area (Å²) in [4.78, 5) is 10.0. The van der Waals surface area contributed by atoms with Crippen LogP contribution in [-0.4, -0.2) is 29.3 Å². The highest BCUT2D eigenvalue weighted by molar-refractivity contribution is 9.10. The fourth-order valence-electron chi connectivity index (χ4n) is 2.71. The second-order valence-corrected chi connectivity index (χ2v) is 8.20. The molecule has 24 heavy (non-hydrogen) atoms. The predicted molar refractivity (Wildman–Crippen MR) is 89.8 cm³/mol. The number of aliphatic hydroxyl groups excluding tert-OH is 1. The maximum atomic E-state index is 12.8. The summed E-state index contributed by atoms with van der Waals surface area (Å²) in [5, 5.41) is 21.4. The molecule has 0 aromatic heterocycles. The highest BCUT2D eigenvalue weighted by atomic mass is 79.9. The van der Waals surface area contributed by atoms with Gasteiger partial charge in [0.1, 0.15) is 0 Å². The third kappa shape index (κ3) is 2.95. The Morgan fingerprint density at radius 2 is 1.96 bits per heavy atom. The van der Waals surface area contributed by atoms with Crippen LogP contribution in [-0.2, 0) is 16.6 Å². The summed E-state index contributed by atoms with van der Waals surface area (Å²) in [6.45, 7) is -0.105. The summed E-state index contributed by atoms with van der Waals surface area (Å²) < 4.78 is 27.5. The number of hydrogen-bond donors (Lipinski definition) is 1. The molecule has 0 saturated carbocycles. The van der Waals surface area contributed by atoms with Crippen molar-refractivity contribution in [2.45, 2.75) is 17.5 Å². The Morgan fingerprint density at radius 3 is 2.67 bits per heavy atom. The lowest BCUT2D eigenvalue weighted by atomic mass is 9.99. The number of nitro groups is 1. The van der Waals surface area contributed by atoms with Crippen molar-refractivity contribution in [1.82, 2.24) is 4.31 Å². The molecule has 9 heteroatoms. The molecular weight excluding hydrogens is 400 g/mol. The van der Waals surface area contributed by atoms with Gasteiger partial charge in [0, 0.05) is 23.6 Å². The molecule has 0 radical (unpaired) electrons. The van der Waals surface area contributed by atoms with Gasteiger partial charge in [-0.2, -0.15) is 4.31 Å². The van der Waals surface area contributed by atoms with Crippen LogP contribution in [0.4, 0.5) is 5.69 Å². The maximum absolute atomic E-state index is 12.8. The molecule has 3 rings (SSSR count). The number of para-hydroxylation sites is 1. The molecule has 1 aliphatic heterocycles. The molecule has 1 atom stereocenters. The molecule has 0 spiro atoms. The van der Waals surface area contributed by atoms with Crippen molar-refractivity contribution in [1.29, 1.82) is 0 Å². The van der Waals surface area contributed by atoms with Crippen LogP contribution in [0.25, 0.3) is 0 Å². The minimum Gasteiger partial charge on any atom is -0.387 e. The summed E-state index contributed by atoms with van der Waals surface area (Å²) in [6, 6.07) is 10.4. The number of nitrogens with zero attached hydrogens (tertiary/aromatic N) is 2. The lowest BCUT2D eigenvalue weighted by molar-refractivity contribution is -0.387. The lowest BCUT2D eigenvalue weighted by Crippen LogP contribution is -2.38. The van der Waals surface area contributed by atoms with E-state index < -0.39 is 26.7 Å². The summed E-state index contributed by atoms with van der Waals surface area (Å²) in [6.07, 6.45) is -0.996. The first-order valence-corrected chi connectivity index (χ1v) is 9.24. The van der Waals surface area contributed by atoms with E-state index in [0.717, 1.165) is 14.8 Å². The van der Waals surface area contributed by atoms with Crippen LogP contribution >= 0.6 is 15.9 Å². The first-order valence-electron chi connectivity index (χ1n) is 7.00. The highest BCUT2D eigenvalue weighted by Crippen LogP contribution is 2.34. The Morgan fingerprint density at radius 1 is 1.25 bits per heavy atom. The number of aliphatic hydroxyl groups is 1. The number of nitro benzene ring substituents is 1. The Labute approximate surface area is 146 Å². The number of halogens is 1. The molecule has 2 aromatic rings. The Bertz CT molecular complexity index is 916. The first kappa shape index (κ1) is 17.0. The maximum Gasteiger partial charge on any atom is 0.289 e. The van der Waals surface area contributed by atoms with E-state index in [0.29, 0.717) is 11.1 Å². The van der Waals surface area contributed by atoms with Gasteiger partial charge < -0.3 is 5.11 Å². The number of rotatable bonds is 3. The molecule has 1 unspecified atom stereocenters. The van der Waals surface area contributed by atoms with Crippen LogP contribution in [0.2, 0.25) is 0 Å². The van der Waals surface area contributed by atoms with Crippen molar-refractivity contribution in [2.24, 2.45) is 0 Å². The Kier molecular flexibility index (Phi) is 4.43. The molecule has 126 valence electrons. The lowest BCUT2D eigenvalue weighted by Gasteiger charge is -2.31. The van der Waals surface area contributed by atoms with E-state index in [-0.39, 0.29) is 18.0 Å². The zero-order valence-corrected chi connectivity index (χ0v) is 14.7. The number of benzene rings is 2. The van der Waals surface area contributed by atoms with Gasteiger partial charge in [-0.15, -0.1) is 0 Å². The van der Waals surface area contributed by atoms with E-state index in [1.807, 2.05) is 0 Å². The fourth-order valence-corrected chi connectivity index (χ4v) is 4.67. The Balaban J connectivity index is 2.04. The van der Waals surface area contributed by atoms with Crippen LogP contribution in [0.1, 0.15) is 17.2 Å². The standard InChI is InChI=1S/C15H13BrN2O5S/c16-11-6-5-10-8-17(9-14(19)12(10)7-11)24(22,23)15-4-2-1-3-13(15)18(20)21/h1-7,14,19H,8-9H2. The normalized spacial score (nSPS) is 18.2. The minimum atomic E-state index is -4.10. The minimum absolute atomic E-state index is 0.0497. The van der Waals surface area contributed by atoms with Crippen LogP contribution in [0.15, 0.2) is 51.8 Å². The van der Waals surface area contributed by atoms with Crippen molar-refractivity contribution in [3.8, 4) is 0 Å². The zero-order chi connectivity index (χ0) is 17.5. The van der Waals surface area contributed by atoms with Gasteiger partial charge in [0.05, 0.1) is 11.0 Å². The average Bonchev–Trinajstić information content (AvgIpc) is 2.55. The number of hydrogen-bond acceptors (Lipinski definition) is 5. The quantitative estimate of drug-likeness (QED) is 0.616. The molecule has 2 aromatic carbocycles. The van der Waals surface area contributed by atoms with Gasteiger partial charge in [-0.3, -0.25) is 10.1 Å². The van der Waals surface area contributed by atoms with E-state index in [1.165, 1.54) is 18.2 Å². The van der Waals surface area contributed by atoms with E-state index in [2.05, 4.69) is 15.9 Å². The van der Waals surface area contributed by atoms with Crippen molar-refractivity contribution in [2.75, 3.05) is 6.54 Å². The number of β-amino-alcohol motifs (C(OH)–C–C–N with tert-alkyl or cyclic N) is 1. The van der Waals surface area contributed by atoms with E-state index >= 15 is 0 Å². The van der Waals surface area contributed by atoms with E-state index in [4.69, 9.17) is 0 Å². The van der Waals surface area contributed by atoms with Gasteiger partial charge in [-0.05, 0) is 29.3 Å². The summed E-state index contributed by atoms with van der Waals surface area (Å²) in [5.41, 5.74) is 0.839. The monoisotopic (exact) mass is 412 g/mol. The third-order valence-corrected chi connectivity index (χ3v) is 6.22. The first-order chi connectivity index (χ1) is 11.3. The molecule has 1 N–H and O–H groups in total. The molecule has 0 aliphatic carbocycles. The largest absolute Gasteiger partial charge is 0.387 e. The van der Waals surface area contributed by atoms with Gasteiger partial charge in [0.25, 0.3) is 5.69 Å². The molecule has 7 nitrogen and oxygen atoms in total. The molecule has 0 bridgehead atoms. The molecule has 1 aliphatic rings. The Hall–Kier alpha value is -1.81. The predicted octanol–water partition coefficient (Wildman–Crippen LogP) is 2.60. The van der Waals surface area contributed by atoms with Crippen molar-refractivity contribution < 1.29 is 18.4 Å². The molecular formula is C15H13BrN2O5S. The van der Waals surface area contributed by atoms with Crippen molar-refractivity contribution in [3.63, 3.8) is 0 Å². The summed E-state index contributed by atoms with van der Waals surface area (Å²) in [7, 11) is -4.10. The highest BCUT2D eigenvalue weighted by Gasteiger charge is 2.36. The number of sulfonamides is 1. The summed E-state index contributed by atoms with van der Waals surface area (Å²) >= 11 is 3.32. The second kappa shape index (κ2) is 6.25. The van der Waals surface area contributed by atoms with E-state index in [9.17, 15) is 23.6 Å². The van der Waals surface area contributed by atoms with Gasteiger partial charge in [-0.25, -0.2) is 8.42 Å². The average molecular weight is 413 g/mol. The smallest absolute Gasteiger partial charge is 0.289 e. The molecule has 0 amide bonds. The number of fused-ring (bicyclic) bond motifs is 1. The van der Waals surface area contributed by atoms with Crippen LogP contribution in [0.3, 0.4) is 0 Å². The van der Waals surface area contributed by atoms with E-state index in [1.54, 1.807) is 18.2 Å².